The maximum absolute atomic E-state index is 11.5. The van der Waals surface area contributed by atoms with Gasteiger partial charge in [0.2, 0.25) is 11.8 Å². The van der Waals surface area contributed by atoms with Crippen LogP contribution in [0, 0.1) is 0 Å². The van der Waals surface area contributed by atoms with Gasteiger partial charge in [0, 0.05) is 18.1 Å². The SMILES string of the molecule is O=C1CC(Nc2ccc(Cn3cccn3)cc2)C(=O)N1. The summed E-state index contributed by atoms with van der Waals surface area (Å²) in [5.74, 6) is -0.501. The van der Waals surface area contributed by atoms with Crippen LogP contribution in [0.2, 0.25) is 0 Å². The van der Waals surface area contributed by atoms with Gasteiger partial charge >= 0.3 is 0 Å². The van der Waals surface area contributed by atoms with Crippen molar-refractivity contribution in [1.82, 2.24) is 15.1 Å². The van der Waals surface area contributed by atoms with Crippen LogP contribution < -0.4 is 10.6 Å². The molecule has 1 fully saturated rings. The summed E-state index contributed by atoms with van der Waals surface area (Å²) in [5.41, 5.74) is 1.94. The highest BCUT2D eigenvalue weighted by Crippen LogP contribution is 2.14. The van der Waals surface area contributed by atoms with E-state index < -0.39 is 6.04 Å². The van der Waals surface area contributed by atoms with E-state index in [-0.39, 0.29) is 18.2 Å². The molecule has 3 rings (SSSR count). The Labute approximate surface area is 115 Å². The maximum Gasteiger partial charge on any atom is 0.249 e. The number of anilines is 1. The number of amides is 2. The molecule has 0 spiro atoms. The predicted octanol–water partition coefficient (Wildman–Crippen LogP) is 0.758. The van der Waals surface area contributed by atoms with Gasteiger partial charge in [-0.2, -0.15) is 5.10 Å². The zero-order chi connectivity index (χ0) is 13.9. The van der Waals surface area contributed by atoms with Crippen LogP contribution in [0.15, 0.2) is 42.7 Å². The lowest BCUT2D eigenvalue weighted by molar-refractivity contribution is -0.124. The molecule has 0 aliphatic carbocycles. The van der Waals surface area contributed by atoms with Crippen LogP contribution in [0.1, 0.15) is 12.0 Å². The van der Waals surface area contributed by atoms with Crippen LogP contribution in [0.4, 0.5) is 5.69 Å². The number of hydrogen-bond donors (Lipinski definition) is 2. The highest BCUT2D eigenvalue weighted by Gasteiger charge is 2.30. The van der Waals surface area contributed by atoms with Gasteiger partial charge in [-0.15, -0.1) is 0 Å². The lowest BCUT2D eigenvalue weighted by Crippen LogP contribution is -2.29. The molecule has 0 saturated carbocycles. The Morgan fingerprint density at radius 2 is 2.10 bits per heavy atom. The second kappa shape index (κ2) is 5.16. The molecule has 1 aromatic heterocycles. The smallest absolute Gasteiger partial charge is 0.249 e. The van der Waals surface area contributed by atoms with E-state index in [0.29, 0.717) is 6.54 Å². The third-order valence-electron chi connectivity index (χ3n) is 3.17. The maximum atomic E-state index is 11.5. The Morgan fingerprint density at radius 1 is 1.30 bits per heavy atom. The minimum atomic E-state index is -0.473. The van der Waals surface area contributed by atoms with E-state index in [0.717, 1.165) is 11.3 Å². The Hall–Kier alpha value is -2.63. The van der Waals surface area contributed by atoms with E-state index in [1.807, 2.05) is 41.2 Å². The number of benzene rings is 1. The number of imide groups is 1. The van der Waals surface area contributed by atoms with E-state index in [4.69, 9.17) is 0 Å². The Kier molecular flexibility index (Phi) is 3.20. The highest BCUT2D eigenvalue weighted by molar-refractivity contribution is 6.06. The van der Waals surface area contributed by atoms with Gasteiger partial charge in [-0.1, -0.05) is 12.1 Å². The van der Waals surface area contributed by atoms with E-state index in [9.17, 15) is 9.59 Å². The summed E-state index contributed by atoms with van der Waals surface area (Å²) >= 11 is 0. The van der Waals surface area contributed by atoms with Crippen LogP contribution in [-0.4, -0.2) is 27.6 Å². The summed E-state index contributed by atoms with van der Waals surface area (Å²) in [6.45, 7) is 0.704. The molecule has 2 amide bonds. The van der Waals surface area contributed by atoms with Crippen molar-refractivity contribution in [3.63, 3.8) is 0 Å². The molecular formula is C14H14N4O2. The molecule has 6 heteroatoms. The van der Waals surface area contributed by atoms with E-state index in [1.54, 1.807) is 6.20 Å². The Morgan fingerprint density at radius 3 is 2.70 bits per heavy atom. The molecule has 1 unspecified atom stereocenters. The summed E-state index contributed by atoms with van der Waals surface area (Å²) in [6, 6.07) is 9.15. The summed E-state index contributed by atoms with van der Waals surface area (Å²) in [7, 11) is 0. The number of carbonyl (C=O) groups is 2. The van der Waals surface area contributed by atoms with Crippen molar-refractivity contribution in [3.05, 3.63) is 48.3 Å². The van der Waals surface area contributed by atoms with Crippen LogP contribution >= 0.6 is 0 Å². The fourth-order valence-corrected chi connectivity index (χ4v) is 2.16. The molecule has 2 heterocycles. The van der Waals surface area contributed by atoms with E-state index in [2.05, 4.69) is 15.7 Å². The zero-order valence-electron chi connectivity index (χ0n) is 10.7. The normalized spacial score (nSPS) is 18.1. The second-order valence-corrected chi connectivity index (χ2v) is 4.71. The fourth-order valence-electron chi connectivity index (χ4n) is 2.16. The first-order chi connectivity index (χ1) is 9.70. The van der Waals surface area contributed by atoms with Gasteiger partial charge in [-0.05, 0) is 23.8 Å². The van der Waals surface area contributed by atoms with Crippen LogP contribution in [0.5, 0.6) is 0 Å². The van der Waals surface area contributed by atoms with E-state index >= 15 is 0 Å². The molecule has 1 atom stereocenters. The molecule has 6 nitrogen and oxygen atoms in total. The summed E-state index contributed by atoms with van der Waals surface area (Å²) < 4.78 is 1.84. The standard InChI is InChI=1S/C14H14N4O2/c19-13-8-12(14(20)17-13)16-11-4-2-10(3-5-11)9-18-7-1-6-15-18/h1-7,12,16H,8-9H2,(H,17,19,20). The van der Waals surface area contributed by atoms with Crippen molar-refractivity contribution in [3.8, 4) is 0 Å². The van der Waals surface area contributed by atoms with Crippen molar-refractivity contribution in [2.75, 3.05) is 5.32 Å². The number of nitrogens with zero attached hydrogens (tertiary/aromatic N) is 2. The minimum absolute atomic E-state index is 0.188. The van der Waals surface area contributed by atoms with Gasteiger partial charge in [0.15, 0.2) is 0 Å². The molecular weight excluding hydrogens is 256 g/mol. The first-order valence-corrected chi connectivity index (χ1v) is 6.37. The topological polar surface area (TPSA) is 76.0 Å². The van der Waals surface area contributed by atoms with Gasteiger partial charge in [0.05, 0.1) is 13.0 Å². The minimum Gasteiger partial charge on any atom is -0.373 e. The van der Waals surface area contributed by atoms with Crippen molar-refractivity contribution in [1.29, 1.82) is 0 Å². The average Bonchev–Trinajstić information content (AvgIpc) is 3.03. The van der Waals surface area contributed by atoms with Crippen molar-refractivity contribution < 1.29 is 9.59 Å². The van der Waals surface area contributed by atoms with Crippen LogP contribution in [0.25, 0.3) is 0 Å². The predicted molar refractivity (Wildman–Crippen MR) is 72.9 cm³/mol. The number of carbonyl (C=O) groups excluding carboxylic acids is 2. The van der Waals surface area contributed by atoms with Gasteiger partial charge in [0.25, 0.3) is 0 Å². The lowest BCUT2D eigenvalue weighted by Gasteiger charge is -2.11. The van der Waals surface area contributed by atoms with Crippen molar-refractivity contribution >= 4 is 17.5 Å². The second-order valence-electron chi connectivity index (χ2n) is 4.71. The van der Waals surface area contributed by atoms with Crippen LogP contribution in [0.3, 0.4) is 0 Å². The molecule has 0 bridgehead atoms. The molecule has 0 radical (unpaired) electrons. The third-order valence-corrected chi connectivity index (χ3v) is 3.17. The van der Waals surface area contributed by atoms with Gasteiger partial charge in [-0.25, -0.2) is 0 Å². The molecule has 1 aliphatic heterocycles. The quantitative estimate of drug-likeness (QED) is 0.804. The molecule has 2 N–H and O–H groups in total. The number of rotatable bonds is 4. The van der Waals surface area contributed by atoms with Crippen molar-refractivity contribution in [2.45, 2.75) is 19.0 Å². The number of nitrogens with one attached hydrogen (secondary N) is 2. The molecule has 1 aromatic carbocycles. The summed E-state index contributed by atoms with van der Waals surface area (Å²) in [6.07, 6.45) is 3.83. The summed E-state index contributed by atoms with van der Waals surface area (Å²) in [4.78, 5) is 22.6. The molecule has 20 heavy (non-hydrogen) atoms. The zero-order valence-corrected chi connectivity index (χ0v) is 10.7. The van der Waals surface area contributed by atoms with Gasteiger partial charge < -0.3 is 5.32 Å². The molecule has 1 aliphatic rings. The summed E-state index contributed by atoms with van der Waals surface area (Å²) in [5, 5.41) is 9.47. The molecule has 2 aromatic rings. The monoisotopic (exact) mass is 270 g/mol. The average molecular weight is 270 g/mol. The highest BCUT2D eigenvalue weighted by atomic mass is 16.2. The molecule has 1 saturated heterocycles. The van der Waals surface area contributed by atoms with E-state index in [1.165, 1.54) is 0 Å². The van der Waals surface area contributed by atoms with Gasteiger partial charge in [-0.3, -0.25) is 19.6 Å². The third kappa shape index (κ3) is 2.69. The van der Waals surface area contributed by atoms with Crippen molar-refractivity contribution in [2.24, 2.45) is 0 Å². The molecule has 102 valence electrons. The van der Waals surface area contributed by atoms with Crippen LogP contribution in [-0.2, 0) is 16.1 Å². The first-order valence-electron chi connectivity index (χ1n) is 6.37. The largest absolute Gasteiger partial charge is 0.373 e. The number of aromatic nitrogens is 2. The Bertz CT molecular complexity index is 619. The first kappa shape index (κ1) is 12.4. The van der Waals surface area contributed by atoms with Gasteiger partial charge in [0.1, 0.15) is 6.04 Å². The fraction of sp³-hybridized carbons (Fsp3) is 0.214. The number of hydrogen-bond acceptors (Lipinski definition) is 4. The lowest BCUT2D eigenvalue weighted by atomic mass is 10.2. The Balaban J connectivity index is 1.64.